The molecule has 0 aliphatic heterocycles. The number of nitrogens with zero attached hydrogens (tertiary/aromatic N) is 2. The number of hydrogen-bond acceptors (Lipinski definition) is 6. The van der Waals surface area contributed by atoms with E-state index in [0.717, 1.165) is 11.3 Å². The van der Waals surface area contributed by atoms with Crippen LogP contribution in [0.4, 0.5) is 6.01 Å². The van der Waals surface area contributed by atoms with Gasteiger partial charge in [0.25, 0.3) is 5.89 Å². The molecule has 0 saturated carbocycles. The van der Waals surface area contributed by atoms with Gasteiger partial charge in [-0.25, -0.2) is 0 Å². The van der Waals surface area contributed by atoms with E-state index in [1.165, 1.54) is 0 Å². The van der Waals surface area contributed by atoms with E-state index < -0.39 is 0 Å². The first-order valence-corrected chi connectivity index (χ1v) is 8.18. The van der Waals surface area contributed by atoms with E-state index in [-0.39, 0.29) is 24.2 Å². The Morgan fingerprint density at radius 2 is 1.88 bits per heavy atom. The van der Waals surface area contributed by atoms with Gasteiger partial charge in [-0.2, -0.15) is 0 Å². The van der Waals surface area contributed by atoms with Gasteiger partial charge in [0.05, 0.1) is 25.7 Å². The molecule has 1 heterocycles. The van der Waals surface area contributed by atoms with Crippen LogP contribution in [0.1, 0.15) is 12.5 Å². The van der Waals surface area contributed by atoms with Gasteiger partial charge in [0, 0.05) is 0 Å². The number of para-hydroxylation sites is 1. The highest BCUT2D eigenvalue weighted by molar-refractivity contribution is 5.90. The molecule has 3 aromatic rings. The molecule has 0 aliphatic rings. The molecule has 0 bridgehead atoms. The second-order valence-electron chi connectivity index (χ2n) is 5.41. The first kappa shape index (κ1) is 17.5. The molecular formula is C19H19N3O4. The van der Waals surface area contributed by atoms with E-state index in [2.05, 4.69) is 15.5 Å². The van der Waals surface area contributed by atoms with Crippen LogP contribution in [-0.4, -0.2) is 29.8 Å². The molecule has 1 N–H and O–H groups in total. The molecular weight excluding hydrogens is 334 g/mol. The molecule has 0 saturated heterocycles. The van der Waals surface area contributed by atoms with Crippen LogP contribution in [0.2, 0.25) is 0 Å². The summed E-state index contributed by atoms with van der Waals surface area (Å²) in [5.74, 6) is 1.42. The normalized spacial score (nSPS) is 10.4. The van der Waals surface area contributed by atoms with Crippen LogP contribution in [0, 0.1) is 0 Å². The zero-order chi connectivity index (χ0) is 18.4. The summed E-state index contributed by atoms with van der Waals surface area (Å²) in [4.78, 5) is 12.2. The number of anilines is 1. The summed E-state index contributed by atoms with van der Waals surface area (Å²) >= 11 is 0. The van der Waals surface area contributed by atoms with Crippen molar-refractivity contribution in [2.75, 3.05) is 19.0 Å². The van der Waals surface area contributed by atoms with Gasteiger partial charge < -0.3 is 13.9 Å². The average molecular weight is 353 g/mol. The third kappa shape index (κ3) is 4.18. The lowest BCUT2D eigenvalue weighted by molar-refractivity contribution is -0.115. The Morgan fingerprint density at radius 1 is 1.12 bits per heavy atom. The minimum atomic E-state index is -0.246. The molecule has 0 fully saturated rings. The zero-order valence-electron chi connectivity index (χ0n) is 14.6. The third-order valence-corrected chi connectivity index (χ3v) is 3.61. The van der Waals surface area contributed by atoms with Crippen molar-refractivity contribution < 1.29 is 18.7 Å². The van der Waals surface area contributed by atoms with Crippen LogP contribution >= 0.6 is 0 Å². The van der Waals surface area contributed by atoms with Crippen molar-refractivity contribution in [2.45, 2.75) is 13.3 Å². The van der Waals surface area contributed by atoms with E-state index in [1.807, 2.05) is 43.3 Å². The third-order valence-electron chi connectivity index (χ3n) is 3.61. The van der Waals surface area contributed by atoms with E-state index in [0.29, 0.717) is 17.9 Å². The SMILES string of the molecule is CCOc1ccc(CC(=O)Nc2nnc(-c3ccccc3OC)o2)cc1. The smallest absolute Gasteiger partial charge is 0.322 e. The van der Waals surface area contributed by atoms with Gasteiger partial charge in [0.2, 0.25) is 5.91 Å². The number of hydrogen-bond donors (Lipinski definition) is 1. The topological polar surface area (TPSA) is 86.5 Å². The summed E-state index contributed by atoms with van der Waals surface area (Å²) < 4.78 is 16.2. The fraction of sp³-hybridized carbons (Fsp3) is 0.211. The second-order valence-corrected chi connectivity index (χ2v) is 5.41. The lowest BCUT2D eigenvalue weighted by Gasteiger charge is -2.05. The minimum absolute atomic E-state index is 0.0434. The maximum atomic E-state index is 12.2. The fourth-order valence-corrected chi connectivity index (χ4v) is 2.42. The summed E-state index contributed by atoms with van der Waals surface area (Å²) in [6.45, 7) is 2.52. The Balaban J connectivity index is 1.64. The summed E-state index contributed by atoms with van der Waals surface area (Å²) in [7, 11) is 1.56. The number of ether oxygens (including phenoxy) is 2. The first-order chi connectivity index (χ1) is 12.7. The predicted molar refractivity (Wildman–Crippen MR) is 96.2 cm³/mol. The highest BCUT2D eigenvalue weighted by Gasteiger charge is 2.14. The lowest BCUT2D eigenvalue weighted by Crippen LogP contribution is -2.14. The molecule has 2 aromatic carbocycles. The van der Waals surface area contributed by atoms with Crippen LogP contribution in [0.5, 0.6) is 11.5 Å². The Kier molecular flexibility index (Phi) is 5.48. The lowest BCUT2D eigenvalue weighted by atomic mass is 10.1. The van der Waals surface area contributed by atoms with Crippen molar-refractivity contribution in [3.63, 3.8) is 0 Å². The molecule has 1 amide bonds. The molecule has 1 aromatic heterocycles. The Labute approximate surface area is 151 Å². The molecule has 7 heteroatoms. The van der Waals surface area contributed by atoms with Gasteiger partial charge in [-0.3, -0.25) is 10.1 Å². The summed E-state index contributed by atoms with van der Waals surface area (Å²) in [6.07, 6.45) is 0.193. The number of carbonyl (C=O) groups is 1. The molecule has 26 heavy (non-hydrogen) atoms. The van der Waals surface area contributed by atoms with E-state index >= 15 is 0 Å². The Hall–Kier alpha value is -3.35. The van der Waals surface area contributed by atoms with Crippen molar-refractivity contribution >= 4 is 11.9 Å². The average Bonchev–Trinajstić information content (AvgIpc) is 3.11. The molecule has 0 aliphatic carbocycles. The predicted octanol–water partition coefficient (Wildman–Crippen LogP) is 3.33. The van der Waals surface area contributed by atoms with Gasteiger partial charge in [-0.05, 0) is 36.8 Å². The fourth-order valence-electron chi connectivity index (χ4n) is 2.42. The molecule has 0 spiro atoms. The molecule has 0 atom stereocenters. The van der Waals surface area contributed by atoms with Gasteiger partial charge in [-0.1, -0.05) is 29.4 Å². The van der Waals surface area contributed by atoms with E-state index in [9.17, 15) is 4.79 Å². The molecule has 7 nitrogen and oxygen atoms in total. The first-order valence-electron chi connectivity index (χ1n) is 8.18. The van der Waals surface area contributed by atoms with Crippen LogP contribution in [-0.2, 0) is 11.2 Å². The number of methoxy groups -OCH3 is 1. The number of nitrogens with one attached hydrogen (secondary N) is 1. The van der Waals surface area contributed by atoms with Crippen LogP contribution in [0.3, 0.4) is 0 Å². The Bertz CT molecular complexity index is 875. The van der Waals surface area contributed by atoms with Gasteiger partial charge in [0.15, 0.2) is 0 Å². The van der Waals surface area contributed by atoms with Gasteiger partial charge >= 0.3 is 6.01 Å². The summed E-state index contributed by atoms with van der Waals surface area (Å²) in [6, 6.07) is 14.7. The number of carbonyl (C=O) groups excluding carboxylic acids is 1. The quantitative estimate of drug-likeness (QED) is 0.701. The molecule has 134 valence electrons. The van der Waals surface area contributed by atoms with Crippen LogP contribution in [0.25, 0.3) is 11.5 Å². The number of aromatic nitrogens is 2. The maximum absolute atomic E-state index is 12.2. The highest BCUT2D eigenvalue weighted by atomic mass is 16.5. The van der Waals surface area contributed by atoms with Crippen molar-refractivity contribution in [2.24, 2.45) is 0 Å². The minimum Gasteiger partial charge on any atom is -0.496 e. The van der Waals surface area contributed by atoms with Crippen molar-refractivity contribution in [3.8, 4) is 23.0 Å². The van der Waals surface area contributed by atoms with Crippen molar-refractivity contribution in [3.05, 3.63) is 54.1 Å². The summed E-state index contributed by atoms with van der Waals surface area (Å²) in [5.41, 5.74) is 1.52. The van der Waals surface area contributed by atoms with E-state index in [4.69, 9.17) is 13.9 Å². The standard InChI is InChI=1S/C19H19N3O4/c1-3-25-14-10-8-13(9-11-14)12-17(23)20-19-22-21-18(26-19)15-6-4-5-7-16(15)24-2/h4-11H,3,12H2,1-2H3,(H,20,22,23). The van der Waals surface area contributed by atoms with Gasteiger partial charge in [0.1, 0.15) is 11.5 Å². The van der Waals surface area contributed by atoms with Crippen LogP contribution < -0.4 is 14.8 Å². The Morgan fingerprint density at radius 3 is 2.62 bits per heavy atom. The number of rotatable bonds is 7. The molecule has 3 rings (SSSR count). The van der Waals surface area contributed by atoms with E-state index in [1.54, 1.807) is 19.2 Å². The van der Waals surface area contributed by atoms with Gasteiger partial charge in [-0.15, -0.1) is 5.10 Å². The molecule has 0 unspecified atom stereocenters. The highest BCUT2D eigenvalue weighted by Crippen LogP contribution is 2.29. The molecule has 0 radical (unpaired) electrons. The van der Waals surface area contributed by atoms with Crippen molar-refractivity contribution in [1.82, 2.24) is 10.2 Å². The zero-order valence-corrected chi connectivity index (χ0v) is 14.6. The maximum Gasteiger partial charge on any atom is 0.322 e. The number of benzene rings is 2. The monoisotopic (exact) mass is 353 g/mol. The number of amides is 1. The second kappa shape index (κ2) is 8.15. The van der Waals surface area contributed by atoms with Crippen LogP contribution in [0.15, 0.2) is 52.9 Å². The van der Waals surface area contributed by atoms with Crippen molar-refractivity contribution in [1.29, 1.82) is 0 Å². The summed E-state index contributed by atoms with van der Waals surface area (Å²) in [5, 5.41) is 10.4. The largest absolute Gasteiger partial charge is 0.496 e.